The number of carbonyl (C=O) groups excluding carboxylic acids is 2. The van der Waals surface area contributed by atoms with Gasteiger partial charge in [-0.05, 0) is 19.3 Å². The highest BCUT2D eigenvalue weighted by atomic mass is 19.4. The maximum absolute atomic E-state index is 13.0. The summed E-state index contributed by atoms with van der Waals surface area (Å²) in [5.74, 6) is -4.89. The summed E-state index contributed by atoms with van der Waals surface area (Å²) in [7, 11) is 0. The Bertz CT molecular complexity index is 450. The summed E-state index contributed by atoms with van der Waals surface area (Å²) >= 11 is 0. The van der Waals surface area contributed by atoms with E-state index in [9.17, 15) is 35.9 Å². The molecule has 0 unspecified atom stereocenters. The zero-order valence-corrected chi connectivity index (χ0v) is 12.6. The standard InChI is InChI=1S/C13H16F6O4/c1-7(2)5-6-22-10(21)11(12(14,15)16,13(17,18)19)23-9(20)8(3)4/h7H,3,5-6H2,1-2,4H3. The third kappa shape index (κ3) is 4.87. The molecule has 0 heterocycles. The lowest BCUT2D eigenvalue weighted by Gasteiger charge is -2.34. The lowest BCUT2D eigenvalue weighted by Crippen LogP contribution is -2.65. The third-order valence-corrected chi connectivity index (χ3v) is 2.61. The molecule has 0 aliphatic carbocycles. The fourth-order valence-electron chi connectivity index (χ4n) is 1.26. The summed E-state index contributed by atoms with van der Waals surface area (Å²) in [5.41, 5.74) is -6.13. The fraction of sp³-hybridized carbons (Fsp3) is 0.692. The average Bonchev–Trinajstić information content (AvgIpc) is 2.31. The Morgan fingerprint density at radius 2 is 1.48 bits per heavy atom. The lowest BCUT2D eigenvalue weighted by molar-refractivity contribution is -0.358. The van der Waals surface area contributed by atoms with Crippen LogP contribution in [-0.2, 0) is 19.1 Å². The Balaban J connectivity index is 5.80. The molecule has 0 aliphatic heterocycles. The summed E-state index contributed by atoms with van der Waals surface area (Å²) in [5, 5.41) is 0. The minimum atomic E-state index is -6.26. The first kappa shape index (κ1) is 21.3. The summed E-state index contributed by atoms with van der Waals surface area (Å²) in [6.07, 6.45) is -12.5. The predicted octanol–water partition coefficient (Wildman–Crippen LogP) is 3.56. The van der Waals surface area contributed by atoms with Crippen LogP contribution in [0.4, 0.5) is 26.3 Å². The fourth-order valence-corrected chi connectivity index (χ4v) is 1.26. The summed E-state index contributed by atoms with van der Waals surface area (Å²) in [6, 6.07) is 0. The highest BCUT2D eigenvalue weighted by Crippen LogP contribution is 2.47. The Hall–Kier alpha value is -1.74. The van der Waals surface area contributed by atoms with E-state index >= 15 is 0 Å². The van der Waals surface area contributed by atoms with Crippen molar-refractivity contribution in [2.24, 2.45) is 5.92 Å². The second-order valence-electron chi connectivity index (χ2n) is 5.16. The molecule has 4 nitrogen and oxygen atoms in total. The molecule has 0 radical (unpaired) electrons. The zero-order chi connectivity index (χ0) is 18.6. The van der Waals surface area contributed by atoms with Crippen molar-refractivity contribution in [1.29, 1.82) is 0 Å². The number of hydrogen-bond acceptors (Lipinski definition) is 4. The van der Waals surface area contributed by atoms with Gasteiger partial charge in [0.1, 0.15) is 0 Å². The van der Waals surface area contributed by atoms with Gasteiger partial charge in [-0.3, -0.25) is 0 Å². The molecule has 134 valence electrons. The van der Waals surface area contributed by atoms with Gasteiger partial charge in [0.25, 0.3) is 0 Å². The quantitative estimate of drug-likeness (QED) is 0.418. The highest BCUT2D eigenvalue weighted by molar-refractivity contribution is 5.92. The van der Waals surface area contributed by atoms with Crippen molar-refractivity contribution >= 4 is 11.9 Å². The Morgan fingerprint density at radius 1 is 1.04 bits per heavy atom. The molecule has 10 heteroatoms. The minimum absolute atomic E-state index is 0.0337. The van der Waals surface area contributed by atoms with Crippen LogP contribution >= 0.6 is 0 Å². The van der Waals surface area contributed by atoms with Crippen LogP contribution < -0.4 is 0 Å². The van der Waals surface area contributed by atoms with E-state index in [4.69, 9.17) is 0 Å². The SMILES string of the molecule is C=C(C)C(=O)OC(C(=O)OCCC(C)C)(C(F)(F)F)C(F)(F)F. The van der Waals surface area contributed by atoms with E-state index in [1.54, 1.807) is 13.8 Å². The van der Waals surface area contributed by atoms with Gasteiger partial charge < -0.3 is 9.47 Å². The largest absolute Gasteiger partial charge is 0.462 e. The van der Waals surface area contributed by atoms with E-state index in [1.165, 1.54) is 0 Å². The third-order valence-electron chi connectivity index (χ3n) is 2.61. The maximum Gasteiger partial charge on any atom is 0.449 e. The molecule has 0 saturated heterocycles. The van der Waals surface area contributed by atoms with E-state index < -0.39 is 42.1 Å². The number of esters is 2. The second-order valence-corrected chi connectivity index (χ2v) is 5.16. The first-order valence-electron chi connectivity index (χ1n) is 6.36. The number of alkyl halides is 6. The molecule has 0 aromatic carbocycles. The van der Waals surface area contributed by atoms with Crippen LogP contribution in [-0.4, -0.2) is 36.5 Å². The highest BCUT2D eigenvalue weighted by Gasteiger charge is 2.80. The maximum atomic E-state index is 13.0. The van der Waals surface area contributed by atoms with Crippen molar-refractivity contribution in [1.82, 2.24) is 0 Å². The molecular formula is C13H16F6O4. The summed E-state index contributed by atoms with van der Waals surface area (Å²) < 4.78 is 85.6. The number of halogens is 6. The van der Waals surface area contributed by atoms with Gasteiger partial charge in [0.05, 0.1) is 6.61 Å². The van der Waals surface area contributed by atoms with Crippen molar-refractivity contribution in [3.05, 3.63) is 12.2 Å². The molecule has 0 fully saturated rings. The van der Waals surface area contributed by atoms with Crippen LogP contribution in [0.5, 0.6) is 0 Å². The molecule has 0 atom stereocenters. The normalized spacial score (nSPS) is 13.0. The number of hydrogen-bond donors (Lipinski definition) is 0. The van der Waals surface area contributed by atoms with Crippen LogP contribution in [0.3, 0.4) is 0 Å². The molecule has 0 aromatic rings. The van der Waals surface area contributed by atoms with Crippen molar-refractivity contribution in [2.45, 2.75) is 45.1 Å². The molecule has 0 spiro atoms. The molecule has 0 aromatic heterocycles. The van der Waals surface area contributed by atoms with Gasteiger partial charge >= 0.3 is 29.9 Å². The molecule has 0 bridgehead atoms. The number of rotatable bonds is 6. The molecule has 0 rings (SSSR count). The zero-order valence-electron chi connectivity index (χ0n) is 12.6. The van der Waals surface area contributed by atoms with Gasteiger partial charge in [0.15, 0.2) is 0 Å². The molecule has 23 heavy (non-hydrogen) atoms. The minimum Gasteiger partial charge on any atom is -0.462 e. The van der Waals surface area contributed by atoms with Crippen molar-refractivity contribution in [3.63, 3.8) is 0 Å². The van der Waals surface area contributed by atoms with Crippen molar-refractivity contribution < 1.29 is 45.4 Å². The Morgan fingerprint density at radius 3 is 1.78 bits per heavy atom. The topological polar surface area (TPSA) is 52.6 Å². The first-order valence-corrected chi connectivity index (χ1v) is 6.36. The number of carbonyl (C=O) groups is 2. The van der Waals surface area contributed by atoms with E-state index in [0.717, 1.165) is 6.92 Å². The number of ether oxygens (including phenoxy) is 2. The Kier molecular flexibility index (Phi) is 6.68. The van der Waals surface area contributed by atoms with Gasteiger partial charge in [-0.2, -0.15) is 26.3 Å². The van der Waals surface area contributed by atoms with Crippen LogP contribution in [0.15, 0.2) is 12.2 Å². The van der Waals surface area contributed by atoms with Gasteiger partial charge in [-0.1, -0.05) is 20.4 Å². The smallest absolute Gasteiger partial charge is 0.449 e. The van der Waals surface area contributed by atoms with E-state index in [1.807, 2.05) is 0 Å². The van der Waals surface area contributed by atoms with Crippen LogP contribution in [0.1, 0.15) is 27.2 Å². The summed E-state index contributed by atoms with van der Waals surface area (Å²) in [6.45, 7) is 6.28. The second kappa shape index (κ2) is 7.22. The van der Waals surface area contributed by atoms with Crippen molar-refractivity contribution in [2.75, 3.05) is 6.61 Å². The monoisotopic (exact) mass is 350 g/mol. The Labute approximate surface area is 128 Å². The van der Waals surface area contributed by atoms with Gasteiger partial charge in [0.2, 0.25) is 0 Å². The van der Waals surface area contributed by atoms with Gasteiger partial charge in [-0.15, -0.1) is 0 Å². The first-order chi connectivity index (χ1) is 10.2. The molecular weight excluding hydrogens is 334 g/mol. The average molecular weight is 350 g/mol. The van der Waals surface area contributed by atoms with E-state index in [2.05, 4.69) is 16.1 Å². The van der Waals surface area contributed by atoms with Crippen molar-refractivity contribution in [3.8, 4) is 0 Å². The van der Waals surface area contributed by atoms with Gasteiger partial charge in [0, 0.05) is 5.57 Å². The summed E-state index contributed by atoms with van der Waals surface area (Å²) in [4.78, 5) is 22.7. The molecule has 0 aliphatic rings. The van der Waals surface area contributed by atoms with Crippen LogP contribution in [0, 0.1) is 5.92 Å². The van der Waals surface area contributed by atoms with Gasteiger partial charge in [-0.25, -0.2) is 9.59 Å². The molecule has 0 saturated carbocycles. The van der Waals surface area contributed by atoms with Crippen LogP contribution in [0.25, 0.3) is 0 Å². The van der Waals surface area contributed by atoms with E-state index in [0.29, 0.717) is 0 Å². The predicted molar refractivity (Wildman–Crippen MR) is 66.2 cm³/mol. The lowest BCUT2D eigenvalue weighted by atomic mass is 10.0. The van der Waals surface area contributed by atoms with E-state index in [-0.39, 0.29) is 12.3 Å². The molecule has 0 amide bonds. The molecule has 0 N–H and O–H groups in total. The van der Waals surface area contributed by atoms with Crippen LogP contribution in [0.2, 0.25) is 0 Å².